The Balaban J connectivity index is 1.50. The molecule has 0 spiro atoms. The third-order valence-electron chi connectivity index (χ3n) is 5.11. The van der Waals surface area contributed by atoms with Gasteiger partial charge in [-0.05, 0) is 49.3 Å². The van der Waals surface area contributed by atoms with Crippen LogP contribution < -0.4 is 0 Å². The van der Waals surface area contributed by atoms with E-state index in [2.05, 4.69) is 0 Å². The highest BCUT2D eigenvalue weighted by molar-refractivity contribution is 6.30. The van der Waals surface area contributed by atoms with Gasteiger partial charge in [0, 0.05) is 5.02 Å². The van der Waals surface area contributed by atoms with Crippen molar-refractivity contribution in [1.29, 1.82) is 0 Å². The second-order valence-electron chi connectivity index (χ2n) is 6.63. The molecule has 1 heterocycles. The molecule has 0 radical (unpaired) electrons. The van der Waals surface area contributed by atoms with E-state index in [0.717, 1.165) is 31.2 Å². The van der Waals surface area contributed by atoms with E-state index in [9.17, 15) is 9.90 Å². The van der Waals surface area contributed by atoms with E-state index in [1.165, 1.54) is 0 Å². The van der Waals surface area contributed by atoms with Crippen LogP contribution in [0, 0.1) is 5.92 Å². The van der Waals surface area contributed by atoms with Gasteiger partial charge in [-0.2, -0.15) is 0 Å². The summed E-state index contributed by atoms with van der Waals surface area (Å²) in [6.45, 7) is 1.04. The van der Waals surface area contributed by atoms with Crippen LogP contribution in [0.2, 0.25) is 5.02 Å². The summed E-state index contributed by atoms with van der Waals surface area (Å²) >= 11 is 5.91. The van der Waals surface area contributed by atoms with Crippen molar-refractivity contribution in [2.45, 2.75) is 36.7 Å². The zero-order valence-electron chi connectivity index (χ0n) is 11.3. The van der Waals surface area contributed by atoms with Crippen molar-refractivity contribution in [3.05, 3.63) is 34.9 Å². The SMILES string of the molecule is O=C(N1CC(O)(C2CC2)C1)C1(c2ccc(Cl)cc2)CC1. The van der Waals surface area contributed by atoms with Crippen molar-refractivity contribution in [2.24, 2.45) is 5.92 Å². The molecule has 3 fully saturated rings. The standard InChI is InChI=1S/C16H18ClNO2/c17-13-5-3-11(4-6-13)15(7-8-15)14(19)18-9-16(20,10-18)12-1-2-12/h3-6,12,20H,1-2,7-10H2. The number of benzene rings is 1. The van der Waals surface area contributed by atoms with Crippen LogP contribution in [0.15, 0.2) is 24.3 Å². The topological polar surface area (TPSA) is 40.5 Å². The summed E-state index contributed by atoms with van der Waals surface area (Å²) in [6, 6.07) is 7.61. The average molecular weight is 292 g/mol. The maximum atomic E-state index is 12.7. The number of carbonyl (C=O) groups excluding carboxylic acids is 1. The predicted octanol–water partition coefficient (Wildman–Crippen LogP) is 2.35. The van der Waals surface area contributed by atoms with Crippen molar-refractivity contribution < 1.29 is 9.90 Å². The normalized spacial score (nSPS) is 26.0. The van der Waals surface area contributed by atoms with Gasteiger partial charge in [0.05, 0.1) is 18.5 Å². The van der Waals surface area contributed by atoms with Gasteiger partial charge >= 0.3 is 0 Å². The zero-order chi connectivity index (χ0) is 14.0. The maximum Gasteiger partial charge on any atom is 0.233 e. The molecule has 3 nitrogen and oxygen atoms in total. The van der Waals surface area contributed by atoms with E-state index in [4.69, 9.17) is 11.6 Å². The molecule has 0 aromatic heterocycles. The van der Waals surface area contributed by atoms with Gasteiger partial charge in [0.2, 0.25) is 5.91 Å². The smallest absolute Gasteiger partial charge is 0.233 e. The minimum Gasteiger partial charge on any atom is -0.386 e. The number of hydrogen-bond donors (Lipinski definition) is 1. The molecule has 4 rings (SSSR count). The lowest BCUT2D eigenvalue weighted by Crippen LogP contribution is -2.66. The first kappa shape index (κ1) is 12.7. The molecule has 2 aliphatic carbocycles. The Hall–Kier alpha value is -1.06. The summed E-state index contributed by atoms with van der Waals surface area (Å²) in [5.41, 5.74) is 0.134. The molecule has 1 N–H and O–H groups in total. The van der Waals surface area contributed by atoms with E-state index in [1.807, 2.05) is 29.2 Å². The third-order valence-corrected chi connectivity index (χ3v) is 5.36. The Morgan fingerprint density at radius 2 is 1.80 bits per heavy atom. The molecule has 2 saturated carbocycles. The summed E-state index contributed by atoms with van der Waals surface area (Å²) < 4.78 is 0. The Morgan fingerprint density at radius 1 is 1.20 bits per heavy atom. The van der Waals surface area contributed by atoms with Crippen LogP contribution in [0.3, 0.4) is 0 Å². The van der Waals surface area contributed by atoms with E-state index in [1.54, 1.807) is 0 Å². The van der Waals surface area contributed by atoms with Gasteiger partial charge in [0.25, 0.3) is 0 Å². The quantitative estimate of drug-likeness (QED) is 0.929. The molecular formula is C16H18ClNO2. The molecule has 1 amide bonds. The average Bonchev–Trinajstić information content (AvgIpc) is 3.27. The summed E-state index contributed by atoms with van der Waals surface area (Å²) in [5.74, 6) is 0.613. The van der Waals surface area contributed by atoms with Gasteiger partial charge < -0.3 is 10.0 Å². The largest absolute Gasteiger partial charge is 0.386 e. The highest BCUT2D eigenvalue weighted by Gasteiger charge is 2.59. The zero-order valence-corrected chi connectivity index (χ0v) is 12.1. The van der Waals surface area contributed by atoms with Crippen LogP contribution in [0.4, 0.5) is 0 Å². The molecule has 0 atom stereocenters. The van der Waals surface area contributed by atoms with Crippen LogP contribution >= 0.6 is 11.6 Å². The Morgan fingerprint density at radius 3 is 2.30 bits per heavy atom. The van der Waals surface area contributed by atoms with Gasteiger partial charge in [-0.25, -0.2) is 0 Å². The number of nitrogens with zero attached hydrogens (tertiary/aromatic N) is 1. The van der Waals surface area contributed by atoms with Crippen molar-refractivity contribution in [1.82, 2.24) is 4.90 Å². The van der Waals surface area contributed by atoms with Gasteiger partial charge in [-0.3, -0.25) is 4.79 Å². The number of amides is 1. The number of halogens is 1. The fourth-order valence-electron chi connectivity index (χ4n) is 3.46. The van der Waals surface area contributed by atoms with Crippen LogP contribution in [0.1, 0.15) is 31.2 Å². The predicted molar refractivity (Wildman–Crippen MR) is 76.6 cm³/mol. The summed E-state index contributed by atoms with van der Waals surface area (Å²) in [5, 5.41) is 11.0. The minimum absolute atomic E-state index is 0.185. The van der Waals surface area contributed by atoms with Crippen LogP contribution in [-0.4, -0.2) is 34.6 Å². The van der Waals surface area contributed by atoms with Gasteiger partial charge in [0.1, 0.15) is 5.60 Å². The molecular weight excluding hydrogens is 274 g/mol. The molecule has 1 aromatic carbocycles. The number of β-amino-alcohol motifs (C(OH)–C–C–N with tert-alkyl or cyclic N) is 1. The number of hydrogen-bond acceptors (Lipinski definition) is 2. The van der Waals surface area contributed by atoms with Gasteiger partial charge in [0.15, 0.2) is 0 Å². The second-order valence-corrected chi connectivity index (χ2v) is 7.06. The molecule has 106 valence electrons. The number of likely N-dealkylation sites (tertiary alicyclic amines) is 1. The molecule has 1 aromatic rings. The van der Waals surface area contributed by atoms with Crippen molar-refractivity contribution in [3.8, 4) is 0 Å². The Labute approximate surface area is 123 Å². The number of carbonyl (C=O) groups is 1. The van der Waals surface area contributed by atoms with Gasteiger partial charge in [-0.1, -0.05) is 23.7 Å². The molecule has 1 saturated heterocycles. The first-order valence-corrected chi connectivity index (χ1v) is 7.69. The fraction of sp³-hybridized carbons (Fsp3) is 0.562. The maximum absolute atomic E-state index is 12.7. The Bertz CT molecular complexity index is 554. The monoisotopic (exact) mass is 291 g/mol. The summed E-state index contributed by atoms with van der Waals surface area (Å²) in [7, 11) is 0. The molecule has 4 heteroatoms. The molecule has 0 bridgehead atoms. The summed E-state index contributed by atoms with van der Waals surface area (Å²) in [6.07, 6.45) is 4.04. The minimum atomic E-state index is -0.592. The molecule has 20 heavy (non-hydrogen) atoms. The van der Waals surface area contributed by atoms with Crippen molar-refractivity contribution in [3.63, 3.8) is 0 Å². The highest BCUT2D eigenvalue weighted by atomic mass is 35.5. The van der Waals surface area contributed by atoms with E-state index < -0.39 is 5.60 Å². The first-order valence-electron chi connectivity index (χ1n) is 7.31. The Kier molecular flexibility index (Phi) is 2.52. The van der Waals surface area contributed by atoms with E-state index in [-0.39, 0.29) is 11.3 Å². The lowest BCUT2D eigenvalue weighted by atomic mass is 9.85. The van der Waals surface area contributed by atoms with Crippen LogP contribution in [0.25, 0.3) is 0 Å². The van der Waals surface area contributed by atoms with Gasteiger partial charge in [-0.15, -0.1) is 0 Å². The van der Waals surface area contributed by atoms with Crippen LogP contribution in [0.5, 0.6) is 0 Å². The second kappa shape index (κ2) is 3.99. The summed E-state index contributed by atoms with van der Waals surface area (Å²) in [4.78, 5) is 14.5. The van der Waals surface area contributed by atoms with Crippen LogP contribution in [-0.2, 0) is 10.2 Å². The lowest BCUT2D eigenvalue weighted by Gasteiger charge is -2.48. The van der Waals surface area contributed by atoms with E-state index in [0.29, 0.717) is 24.0 Å². The fourth-order valence-corrected chi connectivity index (χ4v) is 3.59. The van der Waals surface area contributed by atoms with Crippen molar-refractivity contribution >= 4 is 17.5 Å². The number of aliphatic hydroxyl groups is 1. The highest BCUT2D eigenvalue weighted by Crippen LogP contribution is 2.52. The molecule has 3 aliphatic rings. The third kappa shape index (κ3) is 1.80. The first-order chi connectivity index (χ1) is 9.53. The number of rotatable bonds is 3. The molecule has 1 aliphatic heterocycles. The van der Waals surface area contributed by atoms with Crippen molar-refractivity contribution in [2.75, 3.05) is 13.1 Å². The lowest BCUT2D eigenvalue weighted by molar-refractivity contribution is -0.161. The van der Waals surface area contributed by atoms with E-state index >= 15 is 0 Å². The molecule has 0 unspecified atom stereocenters.